The van der Waals surface area contributed by atoms with Crippen LogP contribution in [0.15, 0.2) is 35.5 Å². The van der Waals surface area contributed by atoms with E-state index in [-0.39, 0.29) is 16.6 Å². The molecule has 2 aliphatic carbocycles. The van der Waals surface area contributed by atoms with Gasteiger partial charge < -0.3 is 9.30 Å². The topological polar surface area (TPSA) is 44.1 Å². The van der Waals surface area contributed by atoms with Crippen LogP contribution in [0, 0.1) is 11.3 Å². The molecule has 21 heavy (non-hydrogen) atoms. The van der Waals surface area contributed by atoms with Crippen LogP contribution in [0.5, 0.6) is 0 Å². The zero-order chi connectivity index (χ0) is 14.1. The van der Waals surface area contributed by atoms with E-state index in [1.165, 1.54) is 25.7 Å². The first-order chi connectivity index (χ1) is 10.2. The van der Waals surface area contributed by atoms with Crippen molar-refractivity contribution in [3.8, 4) is 0 Å². The normalized spacial score (nSPS) is 32.1. The van der Waals surface area contributed by atoms with Gasteiger partial charge in [0.05, 0.1) is 17.6 Å². The van der Waals surface area contributed by atoms with Gasteiger partial charge in [0.1, 0.15) is 0 Å². The summed E-state index contributed by atoms with van der Waals surface area (Å²) in [5.74, 6) is 0.665. The van der Waals surface area contributed by atoms with Gasteiger partial charge in [0.15, 0.2) is 0 Å². The highest BCUT2D eigenvalue weighted by Crippen LogP contribution is 2.71. The van der Waals surface area contributed by atoms with E-state index < -0.39 is 0 Å². The van der Waals surface area contributed by atoms with Crippen LogP contribution in [0.25, 0.3) is 10.8 Å². The van der Waals surface area contributed by atoms with E-state index in [0.29, 0.717) is 5.92 Å². The van der Waals surface area contributed by atoms with E-state index in [0.717, 1.165) is 23.9 Å². The Hall–Kier alpha value is -1.68. The Morgan fingerprint density at radius 3 is 3.05 bits per heavy atom. The van der Waals surface area contributed by atoms with Crippen molar-refractivity contribution >= 4 is 10.8 Å². The summed E-state index contributed by atoms with van der Waals surface area (Å²) in [5.41, 5.74) is 0.427. The molecule has 0 bridgehead atoms. The molecule has 4 nitrogen and oxygen atoms in total. The third-order valence-electron chi connectivity index (χ3n) is 6.09. The summed E-state index contributed by atoms with van der Waals surface area (Å²) in [6, 6.07) is 3.82. The van der Waals surface area contributed by atoms with Crippen LogP contribution in [0.1, 0.15) is 25.7 Å². The van der Waals surface area contributed by atoms with Crippen LogP contribution in [0.3, 0.4) is 0 Å². The molecule has 1 saturated heterocycles. The monoisotopic (exact) mass is 282 g/mol. The van der Waals surface area contributed by atoms with Gasteiger partial charge in [0.25, 0.3) is 5.56 Å². The smallest absolute Gasteiger partial charge is 0.258 e. The average Bonchev–Trinajstić information content (AvgIpc) is 3.07. The second-order valence-corrected chi connectivity index (χ2v) is 6.93. The first kappa shape index (κ1) is 11.9. The van der Waals surface area contributed by atoms with E-state index in [9.17, 15) is 4.79 Å². The maximum absolute atomic E-state index is 12.7. The molecule has 108 valence electrons. The fourth-order valence-corrected chi connectivity index (χ4v) is 4.59. The highest BCUT2D eigenvalue weighted by atomic mass is 16.5. The fraction of sp³-hybridized carbons (Fsp3) is 0.529. The van der Waals surface area contributed by atoms with Crippen molar-refractivity contribution in [2.75, 3.05) is 6.61 Å². The summed E-state index contributed by atoms with van der Waals surface area (Å²) in [5, 5.41) is 1.69. The lowest BCUT2D eigenvalue weighted by Gasteiger charge is -2.45. The number of nitrogens with zero attached hydrogens (tertiary/aromatic N) is 2. The molecule has 0 aromatic carbocycles. The van der Waals surface area contributed by atoms with Crippen molar-refractivity contribution in [2.24, 2.45) is 11.3 Å². The number of hydrogen-bond acceptors (Lipinski definition) is 3. The van der Waals surface area contributed by atoms with Gasteiger partial charge in [0.2, 0.25) is 0 Å². The Labute approximate surface area is 122 Å². The molecule has 2 aromatic rings. The Bertz CT molecular complexity index is 793. The summed E-state index contributed by atoms with van der Waals surface area (Å²) in [6.07, 6.45) is 10.2. The highest BCUT2D eigenvalue weighted by Gasteiger charge is 2.73. The molecule has 5 rings (SSSR count). The summed E-state index contributed by atoms with van der Waals surface area (Å²) < 4.78 is 8.02. The quantitative estimate of drug-likeness (QED) is 0.849. The molecule has 0 amide bonds. The number of pyridine rings is 2. The van der Waals surface area contributed by atoms with E-state index in [1.54, 1.807) is 12.4 Å². The molecule has 1 spiro atoms. The molecule has 2 atom stereocenters. The zero-order valence-corrected chi connectivity index (χ0v) is 11.9. The molecule has 3 aliphatic rings. The SMILES string of the molecule is O=c1c2ccncc2ccn1C[C@]12C[C@H]1COC21CCC1. The number of aromatic nitrogens is 2. The minimum absolute atomic E-state index is 0.0876. The molecule has 4 heteroatoms. The van der Waals surface area contributed by atoms with Gasteiger partial charge in [-0.3, -0.25) is 9.78 Å². The van der Waals surface area contributed by atoms with E-state index in [1.807, 2.05) is 22.9 Å². The van der Waals surface area contributed by atoms with Crippen molar-refractivity contribution in [3.63, 3.8) is 0 Å². The molecular weight excluding hydrogens is 264 g/mol. The third kappa shape index (κ3) is 1.39. The average molecular weight is 282 g/mol. The van der Waals surface area contributed by atoms with E-state index in [2.05, 4.69) is 4.98 Å². The van der Waals surface area contributed by atoms with Crippen LogP contribution in [0.4, 0.5) is 0 Å². The van der Waals surface area contributed by atoms with Crippen LogP contribution in [-0.2, 0) is 11.3 Å². The van der Waals surface area contributed by atoms with Crippen LogP contribution >= 0.6 is 0 Å². The molecule has 3 heterocycles. The molecule has 0 radical (unpaired) electrons. The Morgan fingerprint density at radius 2 is 2.29 bits per heavy atom. The van der Waals surface area contributed by atoms with Gasteiger partial charge in [-0.15, -0.1) is 0 Å². The fourth-order valence-electron chi connectivity index (χ4n) is 4.59. The maximum atomic E-state index is 12.7. The molecule has 0 unspecified atom stereocenters. The van der Waals surface area contributed by atoms with Crippen LogP contribution in [-0.4, -0.2) is 21.8 Å². The lowest BCUT2D eigenvalue weighted by atomic mass is 9.68. The van der Waals surface area contributed by atoms with Crippen molar-refractivity contribution in [1.29, 1.82) is 0 Å². The molecule has 1 aliphatic heterocycles. The molecule has 0 N–H and O–H groups in total. The second-order valence-electron chi connectivity index (χ2n) is 6.93. The molecular formula is C17H18N2O2. The van der Waals surface area contributed by atoms with Crippen molar-refractivity contribution < 1.29 is 4.74 Å². The van der Waals surface area contributed by atoms with E-state index >= 15 is 0 Å². The Kier molecular flexibility index (Phi) is 2.12. The standard InChI is InChI=1S/C17H18N2O2/c20-15-14-2-6-18-9-12(14)3-7-19(15)11-16-8-13(16)10-21-17(16)4-1-5-17/h2-3,6-7,9,13H,1,4-5,8,10-11H2/t13-,16+/m0/s1. The zero-order valence-electron chi connectivity index (χ0n) is 11.9. The summed E-state index contributed by atoms with van der Waals surface area (Å²) >= 11 is 0. The molecule has 2 aromatic heterocycles. The van der Waals surface area contributed by atoms with Gasteiger partial charge in [0, 0.05) is 35.9 Å². The highest BCUT2D eigenvalue weighted by molar-refractivity contribution is 5.80. The Balaban J connectivity index is 1.58. The number of rotatable bonds is 2. The lowest BCUT2D eigenvalue weighted by molar-refractivity contribution is -0.114. The summed E-state index contributed by atoms with van der Waals surface area (Å²) in [7, 11) is 0. The predicted octanol–water partition coefficient (Wildman–Crippen LogP) is 2.36. The van der Waals surface area contributed by atoms with Gasteiger partial charge in [-0.1, -0.05) is 0 Å². The van der Waals surface area contributed by atoms with Crippen LogP contribution in [0.2, 0.25) is 0 Å². The lowest BCUT2D eigenvalue weighted by Crippen LogP contribution is -2.48. The largest absolute Gasteiger partial charge is 0.374 e. The second kappa shape index (κ2) is 3.74. The number of ether oxygens (including phenoxy) is 1. The van der Waals surface area contributed by atoms with Gasteiger partial charge in [-0.2, -0.15) is 0 Å². The van der Waals surface area contributed by atoms with Gasteiger partial charge >= 0.3 is 0 Å². The third-order valence-corrected chi connectivity index (χ3v) is 6.09. The van der Waals surface area contributed by atoms with Crippen molar-refractivity contribution in [2.45, 2.75) is 37.8 Å². The van der Waals surface area contributed by atoms with Crippen molar-refractivity contribution in [1.82, 2.24) is 9.55 Å². The van der Waals surface area contributed by atoms with Crippen molar-refractivity contribution in [3.05, 3.63) is 41.1 Å². The maximum Gasteiger partial charge on any atom is 0.258 e. The van der Waals surface area contributed by atoms with E-state index in [4.69, 9.17) is 4.74 Å². The molecule has 3 fully saturated rings. The first-order valence-corrected chi connectivity index (χ1v) is 7.81. The van der Waals surface area contributed by atoms with Gasteiger partial charge in [-0.25, -0.2) is 0 Å². The summed E-state index contributed by atoms with van der Waals surface area (Å²) in [6.45, 7) is 1.71. The predicted molar refractivity (Wildman–Crippen MR) is 79.1 cm³/mol. The first-order valence-electron chi connectivity index (χ1n) is 7.81. The van der Waals surface area contributed by atoms with Crippen LogP contribution < -0.4 is 5.56 Å². The summed E-state index contributed by atoms with van der Waals surface area (Å²) in [4.78, 5) is 16.8. The molecule has 2 saturated carbocycles. The van der Waals surface area contributed by atoms with Gasteiger partial charge in [-0.05, 0) is 43.7 Å². The Morgan fingerprint density at radius 1 is 1.38 bits per heavy atom. The minimum Gasteiger partial charge on any atom is -0.374 e. The number of fused-ring (bicyclic) bond motifs is 3. The minimum atomic E-state index is 0.0876. The number of hydrogen-bond donors (Lipinski definition) is 0.